The number of aliphatic hydroxyl groups is 1. The van der Waals surface area contributed by atoms with Crippen LogP contribution in [-0.4, -0.2) is 33.9 Å². The predicted octanol–water partition coefficient (Wildman–Crippen LogP) is 1.74. The van der Waals surface area contributed by atoms with Crippen molar-refractivity contribution in [2.75, 3.05) is 13.2 Å². The molecule has 0 fully saturated rings. The molecule has 2 aromatic rings. The van der Waals surface area contributed by atoms with Gasteiger partial charge in [-0.05, 0) is 44.5 Å². The van der Waals surface area contributed by atoms with Crippen molar-refractivity contribution in [3.05, 3.63) is 47.0 Å². The maximum Gasteiger partial charge on any atom is 0.255 e. The maximum absolute atomic E-state index is 13.0. The van der Waals surface area contributed by atoms with Crippen LogP contribution in [0.15, 0.2) is 24.3 Å². The van der Waals surface area contributed by atoms with E-state index in [0.717, 1.165) is 0 Å². The van der Waals surface area contributed by atoms with Crippen molar-refractivity contribution in [1.82, 2.24) is 15.1 Å². The minimum Gasteiger partial charge on any atom is -0.396 e. The van der Waals surface area contributed by atoms with Crippen LogP contribution in [0.4, 0.5) is 4.39 Å². The van der Waals surface area contributed by atoms with Crippen molar-refractivity contribution >= 4 is 5.91 Å². The fraction of sp³-hybridized carbons (Fsp3) is 0.333. The molecule has 21 heavy (non-hydrogen) atoms. The molecule has 112 valence electrons. The van der Waals surface area contributed by atoms with Crippen molar-refractivity contribution in [3.8, 4) is 5.69 Å². The Morgan fingerprint density at radius 2 is 2.00 bits per heavy atom. The van der Waals surface area contributed by atoms with Crippen LogP contribution in [0.5, 0.6) is 0 Å². The number of aryl methyl sites for hydroxylation is 1. The summed E-state index contributed by atoms with van der Waals surface area (Å²) in [5.74, 6) is -0.533. The lowest BCUT2D eigenvalue weighted by Gasteiger charge is -2.06. The minimum atomic E-state index is -0.317. The highest BCUT2D eigenvalue weighted by atomic mass is 19.1. The Balaban J connectivity index is 2.29. The molecule has 1 aromatic carbocycles. The first kappa shape index (κ1) is 15.2. The fourth-order valence-corrected chi connectivity index (χ4v) is 2.17. The zero-order chi connectivity index (χ0) is 15.4. The van der Waals surface area contributed by atoms with Crippen LogP contribution in [0.3, 0.4) is 0 Å². The van der Waals surface area contributed by atoms with Gasteiger partial charge in [0.1, 0.15) is 5.82 Å². The highest BCUT2D eigenvalue weighted by Crippen LogP contribution is 2.18. The van der Waals surface area contributed by atoms with Gasteiger partial charge in [-0.15, -0.1) is 0 Å². The normalized spacial score (nSPS) is 10.7. The van der Waals surface area contributed by atoms with Crippen molar-refractivity contribution in [2.24, 2.45) is 0 Å². The minimum absolute atomic E-state index is 0.0348. The van der Waals surface area contributed by atoms with E-state index in [0.29, 0.717) is 35.6 Å². The van der Waals surface area contributed by atoms with E-state index < -0.39 is 0 Å². The van der Waals surface area contributed by atoms with Gasteiger partial charge in [-0.1, -0.05) is 0 Å². The molecule has 0 aliphatic heterocycles. The molecule has 1 heterocycles. The van der Waals surface area contributed by atoms with Gasteiger partial charge in [0.2, 0.25) is 0 Å². The highest BCUT2D eigenvalue weighted by molar-refractivity contribution is 5.96. The molecule has 0 saturated heterocycles. The number of nitrogens with one attached hydrogen (secondary N) is 1. The van der Waals surface area contributed by atoms with Crippen LogP contribution in [-0.2, 0) is 0 Å². The van der Waals surface area contributed by atoms with E-state index in [-0.39, 0.29) is 18.3 Å². The number of amides is 1. The molecule has 0 bridgehead atoms. The van der Waals surface area contributed by atoms with E-state index in [1.807, 2.05) is 0 Å². The maximum atomic E-state index is 13.0. The third-order valence-electron chi connectivity index (χ3n) is 3.21. The highest BCUT2D eigenvalue weighted by Gasteiger charge is 2.18. The summed E-state index contributed by atoms with van der Waals surface area (Å²) in [6.07, 6.45) is 0.510. The predicted molar refractivity (Wildman–Crippen MR) is 77.0 cm³/mol. The zero-order valence-corrected chi connectivity index (χ0v) is 12.1. The Kier molecular flexibility index (Phi) is 4.70. The van der Waals surface area contributed by atoms with E-state index in [9.17, 15) is 9.18 Å². The molecular formula is C15H18FN3O2. The van der Waals surface area contributed by atoms with Gasteiger partial charge in [0, 0.05) is 13.2 Å². The SMILES string of the molecule is Cc1nn(-c2ccc(F)cc2)c(C)c1C(=O)NCCCO. The second-order valence-corrected chi connectivity index (χ2v) is 4.77. The Bertz CT molecular complexity index is 635. The van der Waals surface area contributed by atoms with Crippen LogP contribution >= 0.6 is 0 Å². The number of aromatic nitrogens is 2. The number of hydrogen-bond donors (Lipinski definition) is 2. The van der Waals surface area contributed by atoms with Gasteiger partial charge < -0.3 is 10.4 Å². The fourth-order valence-electron chi connectivity index (χ4n) is 2.17. The number of hydrogen-bond acceptors (Lipinski definition) is 3. The van der Waals surface area contributed by atoms with Crippen LogP contribution < -0.4 is 5.32 Å². The number of nitrogens with zero attached hydrogens (tertiary/aromatic N) is 2. The van der Waals surface area contributed by atoms with Gasteiger partial charge in [0.15, 0.2) is 0 Å². The molecule has 0 atom stereocenters. The van der Waals surface area contributed by atoms with E-state index in [1.165, 1.54) is 12.1 Å². The third kappa shape index (κ3) is 3.28. The summed E-state index contributed by atoms with van der Waals surface area (Å²) < 4.78 is 14.6. The number of aliphatic hydroxyl groups excluding tert-OH is 1. The molecule has 0 unspecified atom stereocenters. The van der Waals surface area contributed by atoms with Crippen LogP contribution in [0, 0.1) is 19.7 Å². The molecule has 0 aliphatic rings. The van der Waals surface area contributed by atoms with E-state index >= 15 is 0 Å². The number of halogens is 1. The van der Waals surface area contributed by atoms with Crippen molar-refractivity contribution in [3.63, 3.8) is 0 Å². The summed E-state index contributed by atoms with van der Waals surface area (Å²) in [5, 5.41) is 15.8. The first-order valence-electron chi connectivity index (χ1n) is 6.76. The molecule has 1 amide bonds. The van der Waals surface area contributed by atoms with Crippen LogP contribution in [0.2, 0.25) is 0 Å². The van der Waals surface area contributed by atoms with Gasteiger partial charge in [-0.3, -0.25) is 4.79 Å². The summed E-state index contributed by atoms with van der Waals surface area (Å²) >= 11 is 0. The molecular weight excluding hydrogens is 273 g/mol. The van der Waals surface area contributed by atoms with Crippen molar-refractivity contribution < 1.29 is 14.3 Å². The number of carbonyl (C=O) groups excluding carboxylic acids is 1. The second kappa shape index (κ2) is 6.49. The summed E-state index contributed by atoms with van der Waals surface area (Å²) in [5.41, 5.74) is 2.52. The smallest absolute Gasteiger partial charge is 0.255 e. The Morgan fingerprint density at radius 1 is 1.33 bits per heavy atom. The van der Waals surface area contributed by atoms with E-state index in [1.54, 1.807) is 30.7 Å². The Hall–Kier alpha value is -2.21. The summed E-state index contributed by atoms with van der Waals surface area (Å²) in [6, 6.07) is 5.93. The molecule has 1 aromatic heterocycles. The zero-order valence-electron chi connectivity index (χ0n) is 12.1. The molecule has 0 spiro atoms. The lowest BCUT2D eigenvalue weighted by molar-refractivity contribution is 0.0950. The lowest BCUT2D eigenvalue weighted by Crippen LogP contribution is -2.26. The Labute approximate surface area is 122 Å². The van der Waals surface area contributed by atoms with Crippen LogP contribution in [0.1, 0.15) is 28.2 Å². The van der Waals surface area contributed by atoms with E-state index in [2.05, 4.69) is 10.4 Å². The van der Waals surface area contributed by atoms with Crippen molar-refractivity contribution in [2.45, 2.75) is 20.3 Å². The first-order valence-corrected chi connectivity index (χ1v) is 6.76. The third-order valence-corrected chi connectivity index (χ3v) is 3.21. The lowest BCUT2D eigenvalue weighted by atomic mass is 10.2. The van der Waals surface area contributed by atoms with Crippen molar-refractivity contribution in [1.29, 1.82) is 0 Å². The quantitative estimate of drug-likeness (QED) is 0.825. The topological polar surface area (TPSA) is 67.2 Å². The molecule has 5 nitrogen and oxygen atoms in total. The monoisotopic (exact) mass is 291 g/mol. The summed E-state index contributed by atoms with van der Waals surface area (Å²) in [6.45, 7) is 4.00. The summed E-state index contributed by atoms with van der Waals surface area (Å²) in [4.78, 5) is 12.2. The van der Waals surface area contributed by atoms with Gasteiger partial charge in [-0.25, -0.2) is 9.07 Å². The molecule has 6 heteroatoms. The molecule has 2 rings (SSSR count). The first-order chi connectivity index (χ1) is 10.0. The second-order valence-electron chi connectivity index (χ2n) is 4.77. The molecule has 0 aliphatic carbocycles. The molecule has 0 radical (unpaired) electrons. The largest absolute Gasteiger partial charge is 0.396 e. The van der Waals surface area contributed by atoms with Gasteiger partial charge >= 0.3 is 0 Å². The number of benzene rings is 1. The van der Waals surface area contributed by atoms with E-state index in [4.69, 9.17) is 5.11 Å². The van der Waals surface area contributed by atoms with Gasteiger partial charge in [-0.2, -0.15) is 5.10 Å². The standard InChI is InChI=1S/C15H18FN3O2/c1-10-14(15(21)17-8-3-9-20)11(2)19(18-10)13-6-4-12(16)5-7-13/h4-7,20H,3,8-9H2,1-2H3,(H,17,21). The molecule has 2 N–H and O–H groups in total. The Morgan fingerprint density at radius 3 is 2.62 bits per heavy atom. The number of rotatable bonds is 5. The van der Waals surface area contributed by atoms with Crippen LogP contribution in [0.25, 0.3) is 5.69 Å². The average molecular weight is 291 g/mol. The molecule has 0 saturated carbocycles. The number of carbonyl (C=O) groups is 1. The van der Waals surface area contributed by atoms with Gasteiger partial charge in [0.25, 0.3) is 5.91 Å². The average Bonchev–Trinajstić information content (AvgIpc) is 2.75. The van der Waals surface area contributed by atoms with Gasteiger partial charge in [0.05, 0.1) is 22.6 Å². The summed E-state index contributed by atoms with van der Waals surface area (Å²) in [7, 11) is 0.